The Morgan fingerprint density at radius 3 is 2.35 bits per heavy atom. The second-order valence-corrected chi connectivity index (χ2v) is 7.67. The van der Waals surface area contributed by atoms with Gasteiger partial charge in [-0.3, -0.25) is 19.3 Å². The van der Waals surface area contributed by atoms with Crippen LogP contribution >= 0.6 is 0 Å². The van der Waals surface area contributed by atoms with E-state index in [9.17, 15) is 14.4 Å². The summed E-state index contributed by atoms with van der Waals surface area (Å²) < 4.78 is 5.22. The molecule has 1 aromatic carbocycles. The van der Waals surface area contributed by atoms with Crippen molar-refractivity contribution < 1.29 is 19.1 Å². The Morgan fingerprint density at radius 2 is 1.73 bits per heavy atom. The summed E-state index contributed by atoms with van der Waals surface area (Å²) >= 11 is 0. The minimum atomic E-state index is -0.389. The average molecular weight is 352 g/mol. The Hall–Kier alpha value is -2.63. The molecule has 26 heavy (non-hydrogen) atoms. The van der Waals surface area contributed by atoms with Gasteiger partial charge in [0.2, 0.25) is 17.7 Å². The van der Waals surface area contributed by atoms with Gasteiger partial charge in [-0.05, 0) is 42.2 Å². The number of amides is 3. The zero-order valence-corrected chi connectivity index (χ0v) is 14.4. The van der Waals surface area contributed by atoms with Gasteiger partial charge in [0.05, 0.1) is 24.6 Å². The fourth-order valence-electron chi connectivity index (χ4n) is 5.26. The van der Waals surface area contributed by atoms with E-state index in [1.165, 1.54) is 7.11 Å². The van der Waals surface area contributed by atoms with Gasteiger partial charge in [0, 0.05) is 0 Å². The SMILES string of the molecule is COc1ccccc1NC(=O)CN1C(=O)C2C3C=CC(C4CC34)C2C1=O. The largest absolute Gasteiger partial charge is 0.495 e. The van der Waals surface area contributed by atoms with Crippen molar-refractivity contribution in [2.45, 2.75) is 6.42 Å². The molecule has 1 aromatic rings. The highest BCUT2D eigenvalue weighted by Gasteiger charge is 2.67. The first-order chi connectivity index (χ1) is 12.6. The monoisotopic (exact) mass is 352 g/mol. The highest BCUT2D eigenvalue weighted by atomic mass is 16.5. The van der Waals surface area contributed by atoms with E-state index in [1.807, 2.05) is 0 Å². The molecule has 6 rings (SSSR count). The number of carbonyl (C=O) groups excluding carboxylic acids is 3. The Labute approximate surface area is 151 Å². The minimum absolute atomic E-state index is 0.175. The van der Waals surface area contributed by atoms with E-state index in [1.54, 1.807) is 24.3 Å². The average Bonchev–Trinajstić information content (AvgIpc) is 3.43. The number of allylic oxidation sites excluding steroid dienone is 2. The zero-order valence-electron chi connectivity index (χ0n) is 14.4. The molecule has 6 unspecified atom stereocenters. The van der Waals surface area contributed by atoms with E-state index in [4.69, 9.17) is 4.74 Å². The van der Waals surface area contributed by atoms with E-state index >= 15 is 0 Å². The number of ether oxygens (including phenoxy) is 1. The molecule has 2 bridgehead atoms. The Balaban J connectivity index is 1.33. The van der Waals surface area contributed by atoms with E-state index in [2.05, 4.69) is 17.5 Å². The molecule has 6 nitrogen and oxygen atoms in total. The van der Waals surface area contributed by atoms with E-state index in [-0.39, 0.29) is 47.9 Å². The van der Waals surface area contributed by atoms with Crippen LogP contribution in [0.5, 0.6) is 5.75 Å². The van der Waals surface area contributed by atoms with Gasteiger partial charge in [-0.15, -0.1) is 0 Å². The molecule has 1 aliphatic heterocycles. The van der Waals surface area contributed by atoms with Crippen molar-refractivity contribution in [3.8, 4) is 5.75 Å². The summed E-state index contributed by atoms with van der Waals surface area (Å²) in [7, 11) is 1.53. The molecule has 6 heteroatoms. The van der Waals surface area contributed by atoms with E-state index in [0.717, 1.165) is 11.3 Å². The highest BCUT2D eigenvalue weighted by Crippen LogP contribution is 2.65. The van der Waals surface area contributed by atoms with Gasteiger partial charge in [0.15, 0.2) is 0 Å². The first-order valence-corrected chi connectivity index (χ1v) is 9.06. The molecule has 0 aromatic heterocycles. The van der Waals surface area contributed by atoms with Crippen molar-refractivity contribution >= 4 is 23.4 Å². The van der Waals surface area contributed by atoms with Gasteiger partial charge in [-0.2, -0.15) is 0 Å². The molecular formula is C20H20N2O4. The Bertz CT molecular complexity index is 812. The summed E-state index contributed by atoms with van der Waals surface area (Å²) in [6.07, 6.45) is 5.39. The second kappa shape index (κ2) is 5.43. The first-order valence-electron chi connectivity index (χ1n) is 9.06. The number of nitrogens with one attached hydrogen (secondary N) is 1. The molecule has 3 amide bonds. The van der Waals surface area contributed by atoms with Crippen LogP contribution in [0.4, 0.5) is 5.69 Å². The zero-order chi connectivity index (χ0) is 18.0. The van der Waals surface area contributed by atoms with Crippen molar-refractivity contribution in [3.63, 3.8) is 0 Å². The number of benzene rings is 1. The number of para-hydroxylation sites is 2. The van der Waals surface area contributed by atoms with Crippen LogP contribution in [0.15, 0.2) is 36.4 Å². The molecule has 4 aliphatic carbocycles. The third-order valence-electron chi connectivity index (χ3n) is 6.44. The van der Waals surface area contributed by atoms with Crippen molar-refractivity contribution in [2.24, 2.45) is 35.5 Å². The summed E-state index contributed by atoms with van der Waals surface area (Å²) in [6.45, 7) is -0.239. The lowest BCUT2D eigenvalue weighted by Gasteiger charge is -2.37. The summed E-state index contributed by atoms with van der Waals surface area (Å²) in [5.41, 5.74) is 0.527. The van der Waals surface area contributed by atoms with E-state index < -0.39 is 0 Å². The lowest BCUT2D eigenvalue weighted by Crippen LogP contribution is -2.40. The van der Waals surface area contributed by atoms with Gasteiger partial charge in [0.1, 0.15) is 12.3 Å². The normalized spacial score (nSPS) is 36.0. The summed E-state index contributed by atoms with van der Waals surface area (Å²) in [6, 6.07) is 7.06. The van der Waals surface area contributed by atoms with Crippen LogP contribution in [0.25, 0.3) is 0 Å². The van der Waals surface area contributed by atoms with Crippen LogP contribution in [0.3, 0.4) is 0 Å². The number of carbonyl (C=O) groups is 3. The summed E-state index contributed by atoms with van der Waals surface area (Å²) in [5, 5.41) is 2.74. The lowest BCUT2D eigenvalue weighted by atomic mass is 9.63. The number of hydrogen-bond donors (Lipinski definition) is 1. The maximum atomic E-state index is 12.9. The minimum Gasteiger partial charge on any atom is -0.495 e. The van der Waals surface area contributed by atoms with Gasteiger partial charge >= 0.3 is 0 Å². The van der Waals surface area contributed by atoms with Gasteiger partial charge in [-0.1, -0.05) is 24.3 Å². The van der Waals surface area contributed by atoms with Crippen LogP contribution in [-0.4, -0.2) is 36.3 Å². The number of likely N-dealkylation sites (tertiary alicyclic amines) is 1. The molecule has 134 valence electrons. The maximum Gasteiger partial charge on any atom is 0.244 e. The summed E-state index contributed by atoms with van der Waals surface area (Å²) in [4.78, 5) is 39.4. The van der Waals surface area contributed by atoms with Crippen LogP contribution < -0.4 is 10.1 Å². The molecule has 2 saturated carbocycles. The molecule has 6 atom stereocenters. The van der Waals surface area contributed by atoms with Crippen molar-refractivity contribution in [1.82, 2.24) is 4.90 Å². The van der Waals surface area contributed by atoms with Gasteiger partial charge in [-0.25, -0.2) is 0 Å². The van der Waals surface area contributed by atoms with Gasteiger partial charge < -0.3 is 10.1 Å². The van der Waals surface area contributed by atoms with Crippen molar-refractivity contribution in [3.05, 3.63) is 36.4 Å². The topological polar surface area (TPSA) is 75.7 Å². The molecule has 3 fully saturated rings. The van der Waals surface area contributed by atoms with Crippen LogP contribution in [0.2, 0.25) is 0 Å². The lowest BCUT2D eigenvalue weighted by molar-refractivity contribution is -0.142. The van der Waals surface area contributed by atoms with Crippen molar-refractivity contribution in [2.75, 3.05) is 19.0 Å². The predicted molar refractivity (Wildman–Crippen MR) is 93.0 cm³/mol. The maximum absolute atomic E-state index is 12.9. The molecule has 0 radical (unpaired) electrons. The molecule has 5 aliphatic rings. The molecular weight excluding hydrogens is 332 g/mol. The number of methoxy groups -OCH3 is 1. The fourth-order valence-corrected chi connectivity index (χ4v) is 5.26. The van der Waals surface area contributed by atoms with Crippen molar-refractivity contribution in [1.29, 1.82) is 0 Å². The predicted octanol–water partition coefficient (Wildman–Crippen LogP) is 1.69. The molecule has 1 heterocycles. The van der Waals surface area contributed by atoms with Crippen LogP contribution in [-0.2, 0) is 14.4 Å². The Kier molecular flexibility index (Phi) is 3.26. The smallest absolute Gasteiger partial charge is 0.244 e. The number of nitrogens with zero attached hydrogens (tertiary/aromatic N) is 1. The Morgan fingerprint density at radius 1 is 1.12 bits per heavy atom. The molecule has 1 N–H and O–H groups in total. The van der Waals surface area contributed by atoms with Crippen LogP contribution in [0, 0.1) is 35.5 Å². The number of imide groups is 1. The molecule has 0 spiro atoms. The number of rotatable bonds is 4. The first kappa shape index (κ1) is 15.6. The van der Waals surface area contributed by atoms with Gasteiger partial charge in [0.25, 0.3) is 0 Å². The third kappa shape index (κ3) is 2.08. The third-order valence-corrected chi connectivity index (χ3v) is 6.44. The number of hydrogen-bond acceptors (Lipinski definition) is 4. The number of anilines is 1. The van der Waals surface area contributed by atoms with Crippen LogP contribution in [0.1, 0.15) is 6.42 Å². The van der Waals surface area contributed by atoms with E-state index in [0.29, 0.717) is 23.3 Å². The fraction of sp³-hybridized carbons (Fsp3) is 0.450. The standard InChI is InChI=1S/C20H20N2O4/c1-26-15-5-3-2-4-14(15)21-16(23)9-22-19(24)17-10-6-7-11(13-8-12(10)13)18(17)20(22)25/h2-7,10-13,17-18H,8-9H2,1H3,(H,21,23). The second-order valence-electron chi connectivity index (χ2n) is 7.67. The highest BCUT2D eigenvalue weighted by molar-refractivity contribution is 6.09. The molecule has 1 saturated heterocycles. The summed E-state index contributed by atoms with van der Waals surface area (Å²) in [5.74, 6) is 0.731. The quantitative estimate of drug-likeness (QED) is 0.661.